The highest BCUT2D eigenvalue weighted by Gasteiger charge is 2.36. The first-order chi connectivity index (χ1) is 15.2. The summed E-state index contributed by atoms with van der Waals surface area (Å²) in [5.74, 6) is -0.565. The summed E-state index contributed by atoms with van der Waals surface area (Å²) >= 11 is 0. The van der Waals surface area contributed by atoms with Crippen LogP contribution in [0.15, 0.2) is 51.7 Å². The van der Waals surface area contributed by atoms with Gasteiger partial charge in [0.15, 0.2) is 21.0 Å². The standard InChI is InChI=1S/C25H27NO5S/c1-4-18-5-7-19(8-6-18)14-26(20-9-10-32(29,30)15-20)25(28)23-13-21(27)24-17(3)11-16(2)12-22(24)31-23/h5-8,11-13,20H,4,9-10,14-15H2,1-3H3/t20-/m0/s1. The van der Waals surface area contributed by atoms with Crippen molar-refractivity contribution in [2.24, 2.45) is 0 Å². The predicted molar refractivity (Wildman–Crippen MR) is 125 cm³/mol. The van der Waals surface area contributed by atoms with Crippen LogP contribution in [0, 0.1) is 13.8 Å². The van der Waals surface area contributed by atoms with Gasteiger partial charge in [0, 0.05) is 18.7 Å². The van der Waals surface area contributed by atoms with Gasteiger partial charge in [-0.1, -0.05) is 37.3 Å². The van der Waals surface area contributed by atoms with Crippen molar-refractivity contribution >= 4 is 26.7 Å². The zero-order valence-electron chi connectivity index (χ0n) is 18.6. The molecule has 0 radical (unpaired) electrons. The summed E-state index contributed by atoms with van der Waals surface area (Å²) in [4.78, 5) is 27.9. The summed E-state index contributed by atoms with van der Waals surface area (Å²) in [5, 5.41) is 0.456. The highest BCUT2D eigenvalue weighted by molar-refractivity contribution is 7.91. The molecule has 0 unspecified atom stereocenters. The minimum absolute atomic E-state index is 0.0519. The third-order valence-corrected chi connectivity index (χ3v) is 7.83. The second kappa shape index (κ2) is 8.54. The van der Waals surface area contributed by atoms with Crippen molar-refractivity contribution in [1.82, 2.24) is 4.90 Å². The molecule has 1 aromatic heterocycles. The summed E-state index contributed by atoms with van der Waals surface area (Å²) in [5.41, 5.74) is 3.89. The number of aryl methyl sites for hydroxylation is 3. The normalized spacial score (nSPS) is 17.5. The second-order valence-corrected chi connectivity index (χ2v) is 10.8. The molecule has 1 aliphatic rings. The molecule has 0 spiro atoms. The Morgan fingerprint density at radius 1 is 1.09 bits per heavy atom. The molecule has 3 aromatic rings. The van der Waals surface area contributed by atoms with Crippen LogP contribution >= 0.6 is 0 Å². The average Bonchev–Trinajstić information content (AvgIpc) is 3.10. The fraction of sp³-hybridized carbons (Fsp3) is 0.360. The van der Waals surface area contributed by atoms with Gasteiger partial charge in [-0.3, -0.25) is 9.59 Å². The van der Waals surface area contributed by atoms with Crippen molar-refractivity contribution in [3.63, 3.8) is 0 Å². The van der Waals surface area contributed by atoms with E-state index in [4.69, 9.17) is 4.42 Å². The van der Waals surface area contributed by atoms with E-state index in [1.165, 1.54) is 16.5 Å². The Kier molecular flexibility index (Phi) is 5.95. The van der Waals surface area contributed by atoms with E-state index < -0.39 is 21.8 Å². The molecule has 1 atom stereocenters. The van der Waals surface area contributed by atoms with E-state index in [0.29, 0.717) is 17.4 Å². The molecule has 32 heavy (non-hydrogen) atoms. The van der Waals surface area contributed by atoms with Crippen molar-refractivity contribution in [2.75, 3.05) is 11.5 Å². The summed E-state index contributed by atoms with van der Waals surface area (Å²) in [7, 11) is -3.20. The quantitative estimate of drug-likeness (QED) is 0.587. The lowest BCUT2D eigenvalue weighted by atomic mass is 10.1. The molecule has 0 saturated carbocycles. The lowest BCUT2D eigenvalue weighted by molar-refractivity contribution is 0.0648. The molecule has 1 amide bonds. The predicted octanol–water partition coefficient (Wildman–Crippen LogP) is 3.80. The number of fused-ring (bicyclic) bond motifs is 1. The van der Waals surface area contributed by atoms with Crippen molar-refractivity contribution in [3.05, 3.63) is 80.7 Å². The van der Waals surface area contributed by atoms with Crippen LogP contribution in [0.25, 0.3) is 11.0 Å². The van der Waals surface area contributed by atoms with E-state index in [1.807, 2.05) is 44.2 Å². The molecular formula is C25H27NO5S. The van der Waals surface area contributed by atoms with Gasteiger partial charge in [-0.25, -0.2) is 8.42 Å². The van der Waals surface area contributed by atoms with Gasteiger partial charge >= 0.3 is 0 Å². The Bertz CT molecular complexity index is 1340. The first-order valence-electron chi connectivity index (χ1n) is 10.8. The SMILES string of the molecule is CCc1ccc(CN(C(=O)c2cc(=O)c3c(C)cc(C)cc3o2)[C@H]2CCS(=O)(=O)C2)cc1. The number of rotatable bonds is 5. The van der Waals surface area contributed by atoms with Crippen LogP contribution in [-0.2, 0) is 22.8 Å². The van der Waals surface area contributed by atoms with E-state index in [0.717, 1.165) is 23.1 Å². The molecule has 1 fully saturated rings. The van der Waals surface area contributed by atoms with Crippen LogP contribution in [0.5, 0.6) is 0 Å². The van der Waals surface area contributed by atoms with E-state index in [-0.39, 0.29) is 29.2 Å². The van der Waals surface area contributed by atoms with Crippen LogP contribution in [0.2, 0.25) is 0 Å². The maximum absolute atomic E-state index is 13.5. The number of amides is 1. The molecule has 6 nitrogen and oxygen atoms in total. The molecule has 0 N–H and O–H groups in total. The third kappa shape index (κ3) is 4.48. The number of carbonyl (C=O) groups is 1. The van der Waals surface area contributed by atoms with Gasteiger partial charge < -0.3 is 9.32 Å². The minimum Gasteiger partial charge on any atom is -0.451 e. The second-order valence-electron chi connectivity index (χ2n) is 8.59. The van der Waals surface area contributed by atoms with Gasteiger partial charge in [-0.2, -0.15) is 0 Å². The highest BCUT2D eigenvalue weighted by Crippen LogP contribution is 2.24. The monoisotopic (exact) mass is 453 g/mol. The summed E-state index contributed by atoms with van der Waals surface area (Å²) in [6.45, 7) is 6.05. The van der Waals surface area contributed by atoms with Gasteiger partial charge in [-0.05, 0) is 55.0 Å². The number of hydrogen-bond acceptors (Lipinski definition) is 5. The number of carbonyl (C=O) groups excluding carboxylic acids is 1. The van der Waals surface area contributed by atoms with Crippen LogP contribution in [0.3, 0.4) is 0 Å². The molecule has 0 bridgehead atoms. The van der Waals surface area contributed by atoms with Gasteiger partial charge in [0.2, 0.25) is 0 Å². The largest absolute Gasteiger partial charge is 0.451 e. The van der Waals surface area contributed by atoms with Crippen LogP contribution in [0.4, 0.5) is 0 Å². The maximum atomic E-state index is 13.5. The maximum Gasteiger partial charge on any atom is 0.290 e. The lowest BCUT2D eigenvalue weighted by Gasteiger charge is -2.28. The Labute approximate surface area is 187 Å². The number of benzene rings is 2. The molecule has 7 heteroatoms. The lowest BCUT2D eigenvalue weighted by Crippen LogP contribution is -2.41. The molecule has 1 aliphatic heterocycles. The Hall–Kier alpha value is -2.93. The van der Waals surface area contributed by atoms with E-state index in [9.17, 15) is 18.0 Å². The topological polar surface area (TPSA) is 84.7 Å². The fourth-order valence-corrected chi connectivity index (χ4v) is 6.11. The van der Waals surface area contributed by atoms with Gasteiger partial charge in [0.25, 0.3) is 5.91 Å². The van der Waals surface area contributed by atoms with Crippen LogP contribution < -0.4 is 5.43 Å². The van der Waals surface area contributed by atoms with Gasteiger partial charge in [0.05, 0.1) is 16.9 Å². The highest BCUT2D eigenvalue weighted by atomic mass is 32.2. The minimum atomic E-state index is -3.20. The first kappa shape index (κ1) is 22.3. The molecular weight excluding hydrogens is 426 g/mol. The van der Waals surface area contributed by atoms with E-state index in [1.54, 1.807) is 6.07 Å². The summed E-state index contributed by atoms with van der Waals surface area (Å²) < 4.78 is 30.2. The molecule has 1 saturated heterocycles. The molecule has 0 aliphatic carbocycles. The van der Waals surface area contributed by atoms with Crippen molar-refractivity contribution in [2.45, 2.75) is 46.2 Å². The van der Waals surface area contributed by atoms with E-state index >= 15 is 0 Å². The van der Waals surface area contributed by atoms with Crippen LogP contribution in [0.1, 0.15) is 46.2 Å². The van der Waals surface area contributed by atoms with Crippen LogP contribution in [-0.4, -0.2) is 36.8 Å². The Morgan fingerprint density at radius 3 is 2.41 bits per heavy atom. The Balaban J connectivity index is 1.74. The number of sulfone groups is 1. The van der Waals surface area contributed by atoms with Crippen molar-refractivity contribution in [1.29, 1.82) is 0 Å². The molecule has 2 aromatic carbocycles. The number of nitrogens with zero attached hydrogens (tertiary/aromatic N) is 1. The average molecular weight is 454 g/mol. The van der Waals surface area contributed by atoms with Gasteiger partial charge in [-0.15, -0.1) is 0 Å². The smallest absolute Gasteiger partial charge is 0.290 e. The zero-order valence-corrected chi connectivity index (χ0v) is 19.4. The first-order valence-corrected chi connectivity index (χ1v) is 12.6. The third-order valence-electron chi connectivity index (χ3n) is 6.08. The summed E-state index contributed by atoms with van der Waals surface area (Å²) in [6, 6.07) is 12.3. The molecule has 4 rings (SSSR count). The van der Waals surface area contributed by atoms with Gasteiger partial charge in [0.1, 0.15) is 5.58 Å². The van der Waals surface area contributed by atoms with E-state index in [2.05, 4.69) is 6.92 Å². The zero-order chi connectivity index (χ0) is 23.0. The number of hydrogen-bond donors (Lipinski definition) is 0. The summed E-state index contributed by atoms with van der Waals surface area (Å²) in [6.07, 6.45) is 1.28. The fourth-order valence-electron chi connectivity index (χ4n) is 4.38. The van der Waals surface area contributed by atoms with Crippen molar-refractivity contribution < 1.29 is 17.6 Å². The molecule has 2 heterocycles. The van der Waals surface area contributed by atoms with Crippen molar-refractivity contribution in [3.8, 4) is 0 Å². The Morgan fingerprint density at radius 2 is 1.78 bits per heavy atom. The molecule has 168 valence electrons.